The summed E-state index contributed by atoms with van der Waals surface area (Å²) in [7, 11) is 0. The van der Waals surface area contributed by atoms with E-state index in [1.54, 1.807) is 12.3 Å². The van der Waals surface area contributed by atoms with Gasteiger partial charge in [0.2, 0.25) is 0 Å². The molecule has 0 radical (unpaired) electrons. The van der Waals surface area contributed by atoms with Gasteiger partial charge in [0, 0.05) is 6.04 Å². The lowest BCUT2D eigenvalue weighted by Gasteiger charge is -2.24. The van der Waals surface area contributed by atoms with Crippen molar-refractivity contribution in [3.8, 4) is 11.3 Å². The molecule has 2 aromatic rings. The van der Waals surface area contributed by atoms with Crippen LogP contribution in [-0.4, -0.2) is 16.0 Å². The molecule has 5 heteroatoms. The lowest BCUT2D eigenvalue weighted by molar-refractivity contribution is 0.462. The topological polar surface area (TPSA) is 51.0 Å². The summed E-state index contributed by atoms with van der Waals surface area (Å²) >= 11 is 6.00. The van der Waals surface area contributed by atoms with Gasteiger partial charge in [0.05, 0.1) is 11.8 Å². The first-order valence-corrected chi connectivity index (χ1v) is 7.02. The van der Waals surface area contributed by atoms with Crippen molar-refractivity contribution >= 4 is 17.4 Å². The number of hydrogen-bond donors (Lipinski definition) is 1. The summed E-state index contributed by atoms with van der Waals surface area (Å²) in [4.78, 5) is 8.34. The summed E-state index contributed by atoms with van der Waals surface area (Å²) in [5.74, 6) is 1.50. The van der Waals surface area contributed by atoms with Crippen LogP contribution in [0.5, 0.6) is 0 Å². The standard InChI is InChI=1S/C14H16ClN3O/c15-13-7-6-11(12-8-16-9-19-12)14(18-13)17-10-4-2-1-3-5-10/h6-10H,1-5H2,(H,17,18). The summed E-state index contributed by atoms with van der Waals surface area (Å²) in [6, 6.07) is 4.16. The highest BCUT2D eigenvalue weighted by Gasteiger charge is 2.17. The third kappa shape index (κ3) is 2.89. The Morgan fingerprint density at radius 2 is 2.05 bits per heavy atom. The molecular weight excluding hydrogens is 262 g/mol. The fraction of sp³-hybridized carbons (Fsp3) is 0.429. The minimum absolute atomic E-state index is 0.474. The summed E-state index contributed by atoms with van der Waals surface area (Å²) < 4.78 is 5.36. The van der Waals surface area contributed by atoms with Crippen LogP contribution in [0.1, 0.15) is 32.1 Å². The largest absolute Gasteiger partial charge is 0.443 e. The SMILES string of the molecule is Clc1ccc(-c2cnco2)c(NC2CCCCC2)n1. The lowest BCUT2D eigenvalue weighted by Crippen LogP contribution is -2.23. The first-order valence-electron chi connectivity index (χ1n) is 6.65. The fourth-order valence-electron chi connectivity index (χ4n) is 2.53. The van der Waals surface area contributed by atoms with E-state index in [1.165, 1.54) is 38.5 Å². The van der Waals surface area contributed by atoms with E-state index >= 15 is 0 Å². The normalized spacial score (nSPS) is 16.5. The molecule has 1 N–H and O–H groups in total. The molecule has 0 atom stereocenters. The van der Waals surface area contributed by atoms with Crippen LogP contribution in [0.4, 0.5) is 5.82 Å². The average molecular weight is 278 g/mol. The van der Waals surface area contributed by atoms with E-state index in [1.807, 2.05) is 6.07 Å². The zero-order chi connectivity index (χ0) is 13.1. The highest BCUT2D eigenvalue weighted by molar-refractivity contribution is 6.29. The fourth-order valence-corrected chi connectivity index (χ4v) is 2.68. The summed E-state index contributed by atoms with van der Waals surface area (Å²) in [6.45, 7) is 0. The third-order valence-electron chi connectivity index (χ3n) is 3.51. The van der Waals surface area contributed by atoms with Gasteiger partial charge in [-0.1, -0.05) is 30.9 Å². The van der Waals surface area contributed by atoms with Crippen LogP contribution in [-0.2, 0) is 0 Å². The van der Waals surface area contributed by atoms with E-state index in [-0.39, 0.29) is 0 Å². The van der Waals surface area contributed by atoms with Crippen LogP contribution in [0.3, 0.4) is 0 Å². The van der Waals surface area contributed by atoms with Crippen molar-refractivity contribution in [2.24, 2.45) is 0 Å². The van der Waals surface area contributed by atoms with Crippen LogP contribution in [0.25, 0.3) is 11.3 Å². The number of aromatic nitrogens is 2. The molecule has 0 spiro atoms. The molecule has 0 saturated heterocycles. The van der Waals surface area contributed by atoms with Crippen molar-refractivity contribution in [1.29, 1.82) is 0 Å². The molecule has 1 aliphatic rings. The van der Waals surface area contributed by atoms with Crippen LogP contribution >= 0.6 is 11.6 Å². The maximum absolute atomic E-state index is 6.00. The molecule has 0 aromatic carbocycles. The number of pyridine rings is 1. The predicted octanol–water partition coefficient (Wildman–Crippen LogP) is 4.13. The van der Waals surface area contributed by atoms with Gasteiger partial charge in [-0.15, -0.1) is 0 Å². The van der Waals surface area contributed by atoms with E-state index in [2.05, 4.69) is 15.3 Å². The molecule has 19 heavy (non-hydrogen) atoms. The van der Waals surface area contributed by atoms with Gasteiger partial charge in [-0.05, 0) is 25.0 Å². The van der Waals surface area contributed by atoms with Crippen molar-refractivity contribution in [3.05, 3.63) is 29.9 Å². The number of nitrogens with one attached hydrogen (secondary N) is 1. The molecule has 1 aliphatic carbocycles. The molecule has 1 saturated carbocycles. The van der Waals surface area contributed by atoms with Crippen molar-refractivity contribution in [2.75, 3.05) is 5.32 Å². The van der Waals surface area contributed by atoms with E-state index in [0.717, 1.165) is 11.4 Å². The molecule has 1 fully saturated rings. The van der Waals surface area contributed by atoms with Gasteiger partial charge in [0.15, 0.2) is 12.2 Å². The number of anilines is 1. The Morgan fingerprint density at radius 1 is 1.21 bits per heavy atom. The average Bonchev–Trinajstić information content (AvgIpc) is 2.94. The predicted molar refractivity (Wildman–Crippen MR) is 75.2 cm³/mol. The molecule has 2 heterocycles. The van der Waals surface area contributed by atoms with Gasteiger partial charge in [0.1, 0.15) is 11.0 Å². The monoisotopic (exact) mass is 277 g/mol. The number of nitrogens with zero attached hydrogens (tertiary/aromatic N) is 2. The van der Waals surface area contributed by atoms with Gasteiger partial charge in [-0.25, -0.2) is 9.97 Å². The smallest absolute Gasteiger partial charge is 0.181 e. The molecule has 0 aliphatic heterocycles. The molecule has 100 valence electrons. The van der Waals surface area contributed by atoms with Gasteiger partial charge >= 0.3 is 0 Å². The molecule has 0 bridgehead atoms. The van der Waals surface area contributed by atoms with Gasteiger partial charge in [-0.3, -0.25) is 0 Å². The van der Waals surface area contributed by atoms with E-state index < -0.39 is 0 Å². The Labute approximate surface area is 117 Å². The van der Waals surface area contributed by atoms with Crippen LogP contribution in [0.2, 0.25) is 5.15 Å². The summed E-state index contributed by atoms with van der Waals surface area (Å²) in [6.07, 6.45) is 9.36. The Kier molecular flexibility index (Phi) is 3.69. The van der Waals surface area contributed by atoms with Gasteiger partial charge in [-0.2, -0.15) is 0 Å². The summed E-state index contributed by atoms with van der Waals surface area (Å²) in [5.41, 5.74) is 0.910. The molecule has 0 unspecified atom stereocenters. The van der Waals surface area contributed by atoms with E-state index in [4.69, 9.17) is 16.0 Å². The van der Waals surface area contributed by atoms with Crippen LogP contribution < -0.4 is 5.32 Å². The Hall–Kier alpha value is -1.55. The van der Waals surface area contributed by atoms with Gasteiger partial charge < -0.3 is 9.73 Å². The maximum atomic E-state index is 6.00. The van der Waals surface area contributed by atoms with Crippen molar-refractivity contribution in [1.82, 2.24) is 9.97 Å². The molecule has 0 amide bonds. The Morgan fingerprint density at radius 3 is 2.79 bits per heavy atom. The van der Waals surface area contributed by atoms with Crippen molar-refractivity contribution in [2.45, 2.75) is 38.1 Å². The number of rotatable bonds is 3. The lowest BCUT2D eigenvalue weighted by atomic mass is 9.95. The second-order valence-electron chi connectivity index (χ2n) is 4.88. The summed E-state index contributed by atoms with van der Waals surface area (Å²) in [5, 5.41) is 3.98. The first kappa shape index (κ1) is 12.5. The number of hydrogen-bond acceptors (Lipinski definition) is 4. The third-order valence-corrected chi connectivity index (χ3v) is 3.72. The number of halogens is 1. The number of oxazole rings is 1. The molecular formula is C14H16ClN3O. The minimum Gasteiger partial charge on any atom is -0.443 e. The zero-order valence-corrected chi connectivity index (χ0v) is 11.4. The highest BCUT2D eigenvalue weighted by atomic mass is 35.5. The second kappa shape index (κ2) is 5.61. The quantitative estimate of drug-likeness (QED) is 0.857. The Balaban J connectivity index is 1.88. The molecule has 3 rings (SSSR count). The zero-order valence-electron chi connectivity index (χ0n) is 10.6. The van der Waals surface area contributed by atoms with Crippen LogP contribution in [0, 0.1) is 0 Å². The Bertz CT molecular complexity index is 536. The van der Waals surface area contributed by atoms with E-state index in [9.17, 15) is 0 Å². The first-order chi connectivity index (χ1) is 9.33. The van der Waals surface area contributed by atoms with Crippen LogP contribution in [0.15, 0.2) is 29.1 Å². The maximum Gasteiger partial charge on any atom is 0.181 e. The molecule has 2 aromatic heterocycles. The van der Waals surface area contributed by atoms with Crippen molar-refractivity contribution < 1.29 is 4.42 Å². The van der Waals surface area contributed by atoms with Crippen molar-refractivity contribution in [3.63, 3.8) is 0 Å². The second-order valence-corrected chi connectivity index (χ2v) is 5.26. The molecule has 4 nitrogen and oxygen atoms in total. The van der Waals surface area contributed by atoms with Gasteiger partial charge in [0.25, 0.3) is 0 Å². The minimum atomic E-state index is 0.474. The highest BCUT2D eigenvalue weighted by Crippen LogP contribution is 2.30. The van der Waals surface area contributed by atoms with E-state index in [0.29, 0.717) is 17.0 Å².